The van der Waals surface area contributed by atoms with E-state index in [0.717, 1.165) is 33.4 Å². The largest absolute Gasteiger partial charge is 0.381 e. The molecule has 1 saturated heterocycles. The van der Waals surface area contributed by atoms with Crippen molar-refractivity contribution in [2.75, 3.05) is 13.2 Å². The van der Waals surface area contributed by atoms with Gasteiger partial charge in [-0.1, -0.05) is 40.2 Å². The third kappa shape index (κ3) is 3.47. The number of benzene rings is 2. The second-order valence-electron chi connectivity index (χ2n) is 7.15. The van der Waals surface area contributed by atoms with Crippen molar-refractivity contribution < 1.29 is 9.53 Å². The van der Waals surface area contributed by atoms with Crippen LogP contribution in [0.15, 0.2) is 53.0 Å². The van der Waals surface area contributed by atoms with Gasteiger partial charge in [-0.2, -0.15) is 0 Å². The molecule has 0 spiro atoms. The SMILES string of the molecule is CCn1c(CNC(=O)C2(c3ccc(Br)cc3)CCOCC2)nc2ccccc21. The number of rotatable bonds is 5. The molecule has 0 saturated carbocycles. The zero-order valence-corrected chi connectivity index (χ0v) is 17.5. The van der Waals surface area contributed by atoms with Gasteiger partial charge in [0.15, 0.2) is 0 Å². The lowest BCUT2D eigenvalue weighted by Crippen LogP contribution is -2.48. The van der Waals surface area contributed by atoms with Gasteiger partial charge in [-0.3, -0.25) is 4.79 Å². The maximum Gasteiger partial charge on any atom is 0.231 e. The number of hydrogen-bond acceptors (Lipinski definition) is 3. The topological polar surface area (TPSA) is 56.2 Å². The van der Waals surface area contributed by atoms with Gasteiger partial charge in [0.25, 0.3) is 0 Å². The highest BCUT2D eigenvalue weighted by molar-refractivity contribution is 9.10. The summed E-state index contributed by atoms with van der Waals surface area (Å²) in [6.45, 7) is 4.52. The van der Waals surface area contributed by atoms with Crippen LogP contribution in [-0.4, -0.2) is 28.7 Å². The van der Waals surface area contributed by atoms with E-state index in [2.05, 4.69) is 38.8 Å². The van der Waals surface area contributed by atoms with Crippen molar-refractivity contribution in [2.45, 2.75) is 38.3 Å². The van der Waals surface area contributed by atoms with E-state index in [4.69, 9.17) is 9.72 Å². The Labute approximate surface area is 173 Å². The molecule has 3 aromatic rings. The molecule has 1 aliphatic heterocycles. The number of carbonyl (C=O) groups is 1. The summed E-state index contributed by atoms with van der Waals surface area (Å²) in [4.78, 5) is 18.1. The van der Waals surface area contributed by atoms with Gasteiger partial charge in [0.05, 0.1) is 23.0 Å². The van der Waals surface area contributed by atoms with Crippen molar-refractivity contribution in [1.29, 1.82) is 0 Å². The second kappa shape index (κ2) is 8.05. The molecule has 1 aromatic heterocycles. The van der Waals surface area contributed by atoms with Crippen LogP contribution < -0.4 is 5.32 Å². The molecule has 4 rings (SSSR count). The average Bonchev–Trinajstić information content (AvgIpc) is 3.10. The Morgan fingerprint density at radius 2 is 1.89 bits per heavy atom. The highest BCUT2D eigenvalue weighted by Gasteiger charge is 2.41. The molecule has 6 heteroatoms. The molecule has 0 radical (unpaired) electrons. The summed E-state index contributed by atoms with van der Waals surface area (Å²) < 4.78 is 8.72. The molecule has 2 heterocycles. The van der Waals surface area contributed by atoms with Gasteiger partial charge in [-0.25, -0.2) is 4.98 Å². The van der Waals surface area contributed by atoms with E-state index in [1.165, 1.54) is 0 Å². The van der Waals surface area contributed by atoms with Crippen LogP contribution in [0.4, 0.5) is 0 Å². The summed E-state index contributed by atoms with van der Waals surface area (Å²) >= 11 is 3.48. The Bertz CT molecular complexity index is 975. The summed E-state index contributed by atoms with van der Waals surface area (Å²) in [6.07, 6.45) is 1.37. The fourth-order valence-corrected chi connectivity index (χ4v) is 4.34. The smallest absolute Gasteiger partial charge is 0.231 e. The number of hydrogen-bond donors (Lipinski definition) is 1. The van der Waals surface area contributed by atoms with Crippen molar-refractivity contribution in [2.24, 2.45) is 0 Å². The van der Waals surface area contributed by atoms with Gasteiger partial charge in [0.2, 0.25) is 5.91 Å². The number of ether oxygens (including phenoxy) is 1. The van der Waals surface area contributed by atoms with Crippen LogP contribution in [-0.2, 0) is 28.0 Å². The van der Waals surface area contributed by atoms with Crippen LogP contribution in [0.3, 0.4) is 0 Å². The number of nitrogens with one attached hydrogen (secondary N) is 1. The first-order valence-electron chi connectivity index (χ1n) is 9.70. The van der Waals surface area contributed by atoms with Gasteiger partial charge in [0.1, 0.15) is 5.82 Å². The van der Waals surface area contributed by atoms with Crippen molar-refractivity contribution in [3.63, 3.8) is 0 Å². The van der Waals surface area contributed by atoms with Crippen molar-refractivity contribution in [3.05, 3.63) is 64.4 Å². The van der Waals surface area contributed by atoms with Crippen molar-refractivity contribution in [3.8, 4) is 0 Å². The van der Waals surface area contributed by atoms with Crippen LogP contribution >= 0.6 is 15.9 Å². The number of amides is 1. The van der Waals surface area contributed by atoms with Crippen LogP contribution in [0.25, 0.3) is 11.0 Å². The second-order valence-corrected chi connectivity index (χ2v) is 8.06. The summed E-state index contributed by atoms with van der Waals surface area (Å²) in [7, 11) is 0. The molecule has 0 atom stereocenters. The monoisotopic (exact) mass is 441 g/mol. The summed E-state index contributed by atoms with van der Waals surface area (Å²) in [6, 6.07) is 16.2. The van der Waals surface area contributed by atoms with Crippen molar-refractivity contribution >= 4 is 32.9 Å². The number of carbonyl (C=O) groups excluding carboxylic acids is 1. The minimum Gasteiger partial charge on any atom is -0.381 e. The standard InChI is InChI=1S/C22H24BrN3O2/c1-2-26-19-6-4-3-5-18(19)25-20(26)15-24-21(27)22(11-13-28-14-12-22)16-7-9-17(23)10-8-16/h3-10H,2,11-15H2,1H3,(H,24,27). The van der Waals surface area contributed by atoms with Crippen LogP contribution in [0.5, 0.6) is 0 Å². The quantitative estimate of drug-likeness (QED) is 0.645. The van der Waals surface area contributed by atoms with Gasteiger partial charge in [-0.05, 0) is 49.6 Å². The molecule has 5 nitrogen and oxygen atoms in total. The van der Waals surface area contributed by atoms with E-state index in [1.807, 2.05) is 42.5 Å². The number of halogens is 1. The predicted molar refractivity (Wildman–Crippen MR) is 113 cm³/mol. The molecule has 146 valence electrons. The Balaban J connectivity index is 1.60. The number of fused-ring (bicyclic) bond motifs is 1. The third-order valence-corrected chi connectivity index (χ3v) is 6.16. The molecule has 28 heavy (non-hydrogen) atoms. The molecule has 1 fully saturated rings. The maximum atomic E-state index is 13.4. The van der Waals surface area contributed by atoms with E-state index in [-0.39, 0.29) is 5.91 Å². The predicted octanol–water partition coefficient (Wildman–Crippen LogP) is 4.18. The lowest BCUT2D eigenvalue weighted by molar-refractivity contribution is -0.130. The van der Waals surface area contributed by atoms with Crippen LogP contribution in [0.2, 0.25) is 0 Å². The van der Waals surface area contributed by atoms with Gasteiger partial charge in [0, 0.05) is 24.2 Å². The van der Waals surface area contributed by atoms with Gasteiger partial charge in [-0.15, -0.1) is 0 Å². The van der Waals surface area contributed by atoms with Crippen molar-refractivity contribution in [1.82, 2.24) is 14.9 Å². The fraction of sp³-hybridized carbons (Fsp3) is 0.364. The van der Waals surface area contributed by atoms with E-state index >= 15 is 0 Å². The van der Waals surface area contributed by atoms with Gasteiger partial charge >= 0.3 is 0 Å². The van der Waals surface area contributed by atoms with E-state index < -0.39 is 5.41 Å². The number of nitrogens with zero attached hydrogens (tertiary/aromatic N) is 2. The Morgan fingerprint density at radius 1 is 1.18 bits per heavy atom. The minimum absolute atomic E-state index is 0.0489. The fourth-order valence-electron chi connectivity index (χ4n) is 4.08. The number of aromatic nitrogens is 2. The molecule has 0 aliphatic carbocycles. The first-order chi connectivity index (χ1) is 13.6. The molecule has 2 aromatic carbocycles. The summed E-state index contributed by atoms with van der Waals surface area (Å²) in [5.41, 5.74) is 2.55. The zero-order chi connectivity index (χ0) is 19.6. The van der Waals surface area contributed by atoms with E-state index in [0.29, 0.717) is 32.6 Å². The highest BCUT2D eigenvalue weighted by Crippen LogP contribution is 2.36. The maximum absolute atomic E-state index is 13.4. The highest BCUT2D eigenvalue weighted by atomic mass is 79.9. The Kier molecular flexibility index (Phi) is 5.51. The number of imidazole rings is 1. The summed E-state index contributed by atoms with van der Waals surface area (Å²) in [5.74, 6) is 0.933. The zero-order valence-electron chi connectivity index (χ0n) is 16.0. The Morgan fingerprint density at radius 3 is 2.61 bits per heavy atom. The third-order valence-electron chi connectivity index (χ3n) is 5.63. The number of para-hydroxylation sites is 2. The molecular weight excluding hydrogens is 418 g/mol. The lowest BCUT2D eigenvalue weighted by Gasteiger charge is -2.36. The lowest BCUT2D eigenvalue weighted by atomic mass is 9.73. The minimum atomic E-state index is -0.554. The van der Waals surface area contributed by atoms with E-state index in [9.17, 15) is 4.79 Å². The summed E-state index contributed by atoms with van der Waals surface area (Å²) in [5, 5.41) is 3.17. The van der Waals surface area contributed by atoms with E-state index in [1.54, 1.807) is 0 Å². The average molecular weight is 442 g/mol. The van der Waals surface area contributed by atoms with Crippen LogP contribution in [0.1, 0.15) is 31.2 Å². The molecular formula is C22H24BrN3O2. The molecule has 0 bridgehead atoms. The molecule has 1 amide bonds. The molecule has 1 N–H and O–H groups in total. The first kappa shape index (κ1) is 19.2. The van der Waals surface area contributed by atoms with Gasteiger partial charge < -0.3 is 14.6 Å². The van der Waals surface area contributed by atoms with Crippen LogP contribution in [0, 0.1) is 0 Å². The molecule has 1 aliphatic rings. The first-order valence-corrected chi connectivity index (χ1v) is 10.5. The Hall–Kier alpha value is -2.18. The number of aryl methyl sites for hydroxylation is 1. The molecule has 0 unspecified atom stereocenters. The normalized spacial score (nSPS) is 16.2.